The summed E-state index contributed by atoms with van der Waals surface area (Å²) in [6.45, 7) is 1.50. The van der Waals surface area contributed by atoms with E-state index < -0.39 is 18.0 Å². The van der Waals surface area contributed by atoms with Gasteiger partial charge in [0.2, 0.25) is 0 Å². The van der Waals surface area contributed by atoms with Crippen LogP contribution in [0.2, 0.25) is 0 Å². The van der Waals surface area contributed by atoms with Crippen LogP contribution >= 0.6 is 22.7 Å². The Hall–Kier alpha value is -3.17. The van der Waals surface area contributed by atoms with Crippen molar-refractivity contribution in [3.63, 3.8) is 0 Å². The third-order valence-electron chi connectivity index (χ3n) is 3.82. The molecule has 1 atom stereocenters. The van der Waals surface area contributed by atoms with Gasteiger partial charge >= 0.3 is 5.97 Å². The third kappa shape index (κ3) is 3.90. The molecule has 4 aromatic rings. The van der Waals surface area contributed by atoms with E-state index in [1.807, 2.05) is 29.0 Å². The van der Waals surface area contributed by atoms with Gasteiger partial charge in [-0.05, 0) is 30.5 Å². The first-order valence-corrected chi connectivity index (χ1v) is 10.1. The number of nitrogens with one attached hydrogen (secondary N) is 1. The molecular formula is C19H14N4O3S2. The predicted octanol–water partition coefficient (Wildman–Crippen LogP) is 4.00. The molecule has 0 bridgehead atoms. The van der Waals surface area contributed by atoms with E-state index in [4.69, 9.17) is 4.74 Å². The molecule has 0 aliphatic carbocycles. The number of rotatable bonds is 5. The second-order valence-corrected chi connectivity index (χ2v) is 7.60. The lowest BCUT2D eigenvalue weighted by Gasteiger charge is -2.12. The Labute approximate surface area is 168 Å². The lowest BCUT2D eigenvalue weighted by Crippen LogP contribution is -2.30. The van der Waals surface area contributed by atoms with Gasteiger partial charge in [-0.15, -0.1) is 22.7 Å². The number of thiophene rings is 1. The van der Waals surface area contributed by atoms with Crippen molar-refractivity contribution in [3.8, 4) is 10.6 Å². The molecule has 1 aromatic carbocycles. The number of benzene rings is 1. The average molecular weight is 410 g/mol. The van der Waals surface area contributed by atoms with Gasteiger partial charge in [0.1, 0.15) is 0 Å². The van der Waals surface area contributed by atoms with Crippen molar-refractivity contribution in [2.24, 2.45) is 0 Å². The number of esters is 1. The van der Waals surface area contributed by atoms with Crippen molar-refractivity contribution < 1.29 is 14.3 Å². The third-order valence-corrected chi connectivity index (χ3v) is 5.47. The summed E-state index contributed by atoms with van der Waals surface area (Å²) in [4.78, 5) is 38.4. The van der Waals surface area contributed by atoms with E-state index in [-0.39, 0.29) is 5.69 Å². The average Bonchev–Trinajstić information content (AvgIpc) is 3.39. The van der Waals surface area contributed by atoms with Crippen LogP contribution in [0.4, 0.5) is 5.13 Å². The molecule has 0 spiro atoms. The largest absolute Gasteiger partial charge is 0.448 e. The summed E-state index contributed by atoms with van der Waals surface area (Å²) in [5.41, 5.74) is 2.10. The number of nitrogens with zero attached hydrogens (tertiary/aromatic N) is 3. The number of aromatic nitrogens is 3. The molecule has 3 heterocycles. The second kappa shape index (κ2) is 7.83. The predicted molar refractivity (Wildman–Crippen MR) is 108 cm³/mol. The topological polar surface area (TPSA) is 94.1 Å². The number of fused-ring (bicyclic) bond motifs is 1. The van der Waals surface area contributed by atoms with Gasteiger partial charge in [-0.1, -0.05) is 18.2 Å². The number of thiazole rings is 1. The standard InChI is InChI=1S/C19H14N4O3S2/c1-11(17(24)23-19-22-15(10-28-19)16-7-4-8-27-16)26-18(25)14-9-20-12-5-2-3-6-13(12)21-14/h2-11H,1H3,(H,22,23,24). The molecular weight excluding hydrogens is 396 g/mol. The number of amides is 1. The van der Waals surface area contributed by atoms with Crippen LogP contribution in [0.15, 0.2) is 53.4 Å². The van der Waals surface area contributed by atoms with Crippen LogP contribution in [-0.2, 0) is 9.53 Å². The summed E-state index contributed by atoms with van der Waals surface area (Å²) in [6.07, 6.45) is 0.332. The van der Waals surface area contributed by atoms with E-state index in [9.17, 15) is 9.59 Å². The number of hydrogen-bond acceptors (Lipinski definition) is 8. The maximum absolute atomic E-state index is 12.3. The number of para-hydroxylation sites is 2. The maximum atomic E-state index is 12.3. The Morgan fingerprint density at radius 2 is 1.89 bits per heavy atom. The fourth-order valence-electron chi connectivity index (χ4n) is 2.41. The zero-order valence-electron chi connectivity index (χ0n) is 14.7. The van der Waals surface area contributed by atoms with Crippen molar-refractivity contribution in [2.45, 2.75) is 13.0 Å². The molecule has 0 radical (unpaired) electrons. The van der Waals surface area contributed by atoms with E-state index in [1.165, 1.54) is 24.5 Å². The first-order chi connectivity index (χ1) is 13.6. The van der Waals surface area contributed by atoms with E-state index in [1.54, 1.807) is 29.5 Å². The molecule has 9 heteroatoms. The van der Waals surface area contributed by atoms with Gasteiger partial charge in [0, 0.05) is 5.38 Å². The van der Waals surface area contributed by atoms with Crippen LogP contribution in [0, 0.1) is 0 Å². The summed E-state index contributed by atoms with van der Waals surface area (Å²) >= 11 is 2.88. The van der Waals surface area contributed by atoms with Crippen LogP contribution in [0.1, 0.15) is 17.4 Å². The molecule has 0 aliphatic heterocycles. The van der Waals surface area contributed by atoms with Gasteiger partial charge in [-0.3, -0.25) is 15.1 Å². The lowest BCUT2D eigenvalue weighted by atomic mass is 10.3. The van der Waals surface area contributed by atoms with E-state index >= 15 is 0 Å². The van der Waals surface area contributed by atoms with Crippen molar-refractivity contribution >= 4 is 50.7 Å². The number of ether oxygens (including phenoxy) is 1. The highest BCUT2D eigenvalue weighted by atomic mass is 32.1. The number of hydrogen-bond donors (Lipinski definition) is 1. The molecule has 7 nitrogen and oxygen atoms in total. The molecule has 3 aromatic heterocycles. The smallest absolute Gasteiger partial charge is 0.359 e. The SMILES string of the molecule is CC(OC(=O)c1cnc2ccccc2n1)C(=O)Nc1nc(-c2cccs2)cs1. The highest BCUT2D eigenvalue weighted by Crippen LogP contribution is 2.28. The number of carbonyl (C=O) groups is 2. The van der Waals surface area contributed by atoms with Crippen molar-refractivity contribution in [2.75, 3.05) is 5.32 Å². The molecule has 140 valence electrons. The fourth-order valence-corrected chi connectivity index (χ4v) is 3.88. The van der Waals surface area contributed by atoms with Gasteiger partial charge in [-0.2, -0.15) is 0 Å². The van der Waals surface area contributed by atoms with Crippen molar-refractivity contribution in [3.05, 3.63) is 59.0 Å². The first kappa shape index (κ1) is 18.2. The number of anilines is 1. The normalized spacial score (nSPS) is 11.9. The Kier molecular flexibility index (Phi) is 5.09. The zero-order chi connectivity index (χ0) is 19.5. The zero-order valence-corrected chi connectivity index (χ0v) is 16.3. The minimum absolute atomic E-state index is 0.0487. The molecule has 1 unspecified atom stereocenters. The van der Waals surface area contributed by atoms with Crippen LogP contribution in [-0.4, -0.2) is 32.9 Å². The second-order valence-electron chi connectivity index (χ2n) is 5.80. The molecule has 0 fully saturated rings. The number of carbonyl (C=O) groups excluding carboxylic acids is 2. The van der Waals surface area contributed by atoms with Crippen LogP contribution < -0.4 is 5.32 Å². The Bertz CT molecular complexity index is 1140. The van der Waals surface area contributed by atoms with E-state index in [0.717, 1.165) is 10.6 Å². The molecule has 0 saturated carbocycles. The Morgan fingerprint density at radius 1 is 1.07 bits per heavy atom. The molecule has 0 saturated heterocycles. The molecule has 1 amide bonds. The monoisotopic (exact) mass is 410 g/mol. The van der Waals surface area contributed by atoms with E-state index in [0.29, 0.717) is 16.2 Å². The fraction of sp³-hybridized carbons (Fsp3) is 0.105. The first-order valence-electron chi connectivity index (χ1n) is 8.33. The highest BCUT2D eigenvalue weighted by Gasteiger charge is 2.21. The molecule has 4 rings (SSSR count). The summed E-state index contributed by atoms with van der Waals surface area (Å²) in [5, 5.41) is 6.94. The minimum Gasteiger partial charge on any atom is -0.448 e. The van der Waals surface area contributed by atoms with Gasteiger partial charge < -0.3 is 4.74 Å². The molecule has 28 heavy (non-hydrogen) atoms. The van der Waals surface area contributed by atoms with Gasteiger partial charge in [0.25, 0.3) is 5.91 Å². The van der Waals surface area contributed by atoms with E-state index in [2.05, 4.69) is 20.3 Å². The minimum atomic E-state index is -1.00. The quantitative estimate of drug-likeness (QED) is 0.500. The van der Waals surface area contributed by atoms with Gasteiger partial charge in [0.15, 0.2) is 16.9 Å². The van der Waals surface area contributed by atoms with Crippen molar-refractivity contribution in [1.29, 1.82) is 0 Å². The Morgan fingerprint density at radius 3 is 2.68 bits per heavy atom. The van der Waals surface area contributed by atoms with Gasteiger partial charge in [-0.25, -0.2) is 14.8 Å². The van der Waals surface area contributed by atoms with Crippen LogP contribution in [0.5, 0.6) is 0 Å². The summed E-state index contributed by atoms with van der Waals surface area (Å²) in [6, 6.07) is 11.1. The van der Waals surface area contributed by atoms with Gasteiger partial charge in [0.05, 0.1) is 27.8 Å². The molecule has 1 N–H and O–H groups in total. The lowest BCUT2D eigenvalue weighted by molar-refractivity contribution is -0.123. The Balaban J connectivity index is 1.40. The van der Waals surface area contributed by atoms with Crippen molar-refractivity contribution in [1.82, 2.24) is 15.0 Å². The maximum Gasteiger partial charge on any atom is 0.359 e. The van der Waals surface area contributed by atoms with Crippen LogP contribution in [0.25, 0.3) is 21.6 Å². The molecule has 0 aliphatic rings. The summed E-state index contributed by atoms with van der Waals surface area (Å²) in [5.74, 6) is -1.17. The summed E-state index contributed by atoms with van der Waals surface area (Å²) in [7, 11) is 0. The highest BCUT2D eigenvalue weighted by molar-refractivity contribution is 7.16. The summed E-state index contributed by atoms with van der Waals surface area (Å²) < 4.78 is 5.22. The van der Waals surface area contributed by atoms with Crippen LogP contribution in [0.3, 0.4) is 0 Å².